The van der Waals surface area contributed by atoms with Crippen molar-refractivity contribution in [1.82, 2.24) is 0 Å². The molecule has 4 nitrogen and oxygen atoms in total. The molecule has 5 heteroatoms. The molecule has 2 aromatic rings. The minimum atomic E-state index is -1.37. The molecular formula is C22H26FNO3. The predicted molar refractivity (Wildman–Crippen MR) is 105 cm³/mol. The van der Waals surface area contributed by atoms with E-state index in [0.29, 0.717) is 5.69 Å². The van der Waals surface area contributed by atoms with Gasteiger partial charge in [-0.2, -0.15) is 0 Å². The lowest BCUT2D eigenvalue weighted by Gasteiger charge is -2.26. The van der Waals surface area contributed by atoms with Crippen LogP contribution in [0.25, 0.3) is 0 Å². The van der Waals surface area contributed by atoms with E-state index in [1.54, 1.807) is 0 Å². The van der Waals surface area contributed by atoms with E-state index in [9.17, 15) is 14.0 Å². The van der Waals surface area contributed by atoms with E-state index in [4.69, 9.17) is 5.11 Å². The van der Waals surface area contributed by atoms with Gasteiger partial charge in [-0.1, -0.05) is 47.6 Å². The number of carbonyl (C=O) groups is 2. The quantitative estimate of drug-likeness (QED) is 0.762. The summed E-state index contributed by atoms with van der Waals surface area (Å²) in [5.41, 5.74) is 2.19. The number of carboxylic acids is 1. The maximum absolute atomic E-state index is 13.9. The number of anilines is 1. The van der Waals surface area contributed by atoms with Crippen molar-refractivity contribution in [3.63, 3.8) is 0 Å². The molecule has 0 aliphatic rings. The van der Waals surface area contributed by atoms with Gasteiger partial charge in [-0.3, -0.25) is 4.79 Å². The largest absolute Gasteiger partial charge is 0.478 e. The molecule has 0 aliphatic carbocycles. The van der Waals surface area contributed by atoms with E-state index in [1.165, 1.54) is 6.07 Å². The molecule has 0 saturated carbocycles. The lowest BCUT2D eigenvalue weighted by atomic mass is 9.80. The number of carbonyl (C=O) groups excluding carboxylic acids is 1. The van der Waals surface area contributed by atoms with Crippen LogP contribution in [-0.2, 0) is 10.8 Å². The monoisotopic (exact) mass is 371 g/mol. The first-order valence-corrected chi connectivity index (χ1v) is 8.79. The zero-order valence-electron chi connectivity index (χ0n) is 16.6. The van der Waals surface area contributed by atoms with Crippen molar-refractivity contribution in [2.75, 3.05) is 5.32 Å². The van der Waals surface area contributed by atoms with Crippen LogP contribution in [0.2, 0.25) is 0 Å². The van der Waals surface area contributed by atoms with Crippen LogP contribution < -0.4 is 5.32 Å². The highest BCUT2D eigenvalue weighted by Gasteiger charge is 2.21. The molecule has 0 saturated heterocycles. The van der Waals surface area contributed by atoms with E-state index >= 15 is 0 Å². The topological polar surface area (TPSA) is 66.4 Å². The van der Waals surface area contributed by atoms with E-state index in [-0.39, 0.29) is 16.4 Å². The maximum Gasteiger partial charge on any atom is 0.338 e. The Kier molecular flexibility index (Phi) is 5.45. The van der Waals surface area contributed by atoms with Crippen LogP contribution in [0.3, 0.4) is 0 Å². The highest BCUT2D eigenvalue weighted by molar-refractivity contribution is 6.05. The van der Waals surface area contributed by atoms with Gasteiger partial charge in [0.15, 0.2) is 0 Å². The Morgan fingerprint density at radius 1 is 0.889 bits per heavy atom. The number of benzene rings is 2. The summed E-state index contributed by atoms with van der Waals surface area (Å²) in [6.45, 7) is 12.6. The third-order valence-electron chi connectivity index (χ3n) is 4.38. The van der Waals surface area contributed by atoms with Gasteiger partial charge >= 0.3 is 5.97 Å². The molecule has 144 valence electrons. The van der Waals surface area contributed by atoms with Crippen LogP contribution >= 0.6 is 0 Å². The van der Waals surface area contributed by atoms with Crippen LogP contribution in [-0.4, -0.2) is 17.0 Å². The smallest absolute Gasteiger partial charge is 0.338 e. The Bertz CT molecular complexity index is 857. The molecular weight excluding hydrogens is 345 g/mol. The fourth-order valence-corrected chi connectivity index (χ4v) is 2.60. The van der Waals surface area contributed by atoms with Gasteiger partial charge in [0.25, 0.3) is 5.91 Å². The third-order valence-corrected chi connectivity index (χ3v) is 4.38. The van der Waals surface area contributed by atoms with Crippen molar-refractivity contribution in [2.45, 2.75) is 52.4 Å². The zero-order chi connectivity index (χ0) is 20.6. The number of aromatic carboxylic acids is 1. The van der Waals surface area contributed by atoms with Crippen LogP contribution in [0.15, 0.2) is 36.4 Å². The molecule has 0 aliphatic heterocycles. The number of rotatable bonds is 3. The van der Waals surface area contributed by atoms with Gasteiger partial charge in [0.1, 0.15) is 5.82 Å². The molecule has 0 aromatic heterocycles. The Balaban J connectivity index is 2.40. The van der Waals surface area contributed by atoms with E-state index in [0.717, 1.165) is 23.3 Å². The Morgan fingerprint density at radius 3 is 1.81 bits per heavy atom. The number of amides is 1. The molecule has 0 heterocycles. The molecule has 2 N–H and O–H groups in total. The second-order valence-corrected chi connectivity index (χ2v) is 8.75. The van der Waals surface area contributed by atoms with Gasteiger partial charge in [-0.25, -0.2) is 9.18 Å². The number of hydrogen-bond donors (Lipinski definition) is 2. The van der Waals surface area contributed by atoms with Gasteiger partial charge < -0.3 is 10.4 Å². The number of hydrogen-bond acceptors (Lipinski definition) is 2. The van der Waals surface area contributed by atoms with E-state index in [1.807, 2.05) is 12.1 Å². The first-order chi connectivity index (χ1) is 12.3. The fourth-order valence-electron chi connectivity index (χ4n) is 2.60. The molecule has 2 aromatic carbocycles. The molecule has 0 unspecified atom stereocenters. The van der Waals surface area contributed by atoms with Gasteiger partial charge in [-0.15, -0.1) is 0 Å². The van der Waals surface area contributed by atoms with Crippen LogP contribution in [0.1, 0.15) is 73.4 Å². The first-order valence-electron chi connectivity index (χ1n) is 8.79. The SMILES string of the molecule is CC(C)(C)c1cc(NC(=O)c2ccc(C(=O)O)c(F)c2)cc(C(C)(C)C)c1. The van der Waals surface area contributed by atoms with Crippen molar-refractivity contribution >= 4 is 17.6 Å². The summed E-state index contributed by atoms with van der Waals surface area (Å²) in [4.78, 5) is 23.5. The Labute approximate surface area is 159 Å². The van der Waals surface area contributed by atoms with Crippen molar-refractivity contribution in [1.29, 1.82) is 0 Å². The number of carboxylic acid groups (broad SMARTS) is 1. The Hall–Kier alpha value is -2.69. The van der Waals surface area contributed by atoms with E-state index < -0.39 is 23.3 Å². The molecule has 0 spiro atoms. The minimum absolute atomic E-state index is 0.0657. The molecule has 1 amide bonds. The number of halogens is 1. The standard InChI is InChI=1S/C22H26FNO3/c1-21(2,3)14-10-15(22(4,5)6)12-16(11-14)24-19(25)13-7-8-17(20(26)27)18(23)9-13/h7-12H,1-6H3,(H,24,25)(H,26,27). The van der Waals surface area contributed by atoms with Gasteiger partial charge in [-0.05, 0) is 52.3 Å². The normalized spacial score (nSPS) is 12.0. The summed E-state index contributed by atoms with van der Waals surface area (Å²) in [7, 11) is 0. The van der Waals surface area contributed by atoms with Crippen molar-refractivity contribution < 1.29 is 19.1 Å². The van der Waals surface area contributed by atoms with Crippen LogP contribution in [0, 0.1) is 5.82 Å². The summed E-state index contributed by atoms with van der Waals surface area (Å²) in [6.07, 6.45) is 0. The summed E-state index contributed by atoms with van der Waals surface area (Å²) < 4.78 is 13.9. The van der Waals surface area contributed by atoms with E-state index in [2.05, 4.69) is 52.9 Å². The molecule has 2 rings (SSSR count). The lowest BCUT2D eigenvalue weighted by Crippen LogP contribution is -2.19. The average molecular weight is 371 g/mol. The summed E-state index contributed by atoms with van der Waals surface area (Å²) in [6, 6.07) is 9.30. The fraction of sp³-hybridized carbons (Fsp3) is 0.364. The molecule has 0 radical (unpaired) electrons. The van der Waals surface area contributed by atoms with Crippen LogP contribution in [0.5, 0.6) is 0 Å². The molecule has 27 heavy (non-hydrogen) atoms. The minimum Gasteiger partial charge on any atom is -0.478 e. The van der Waals surface area contributed by atoms with Gasteiger partial charge in [0.2, 0.25) is 0 Å². The average Bonchev–Trinajstić information content (AvgIpc) is 2.52. The highest BCUT2D eigenvalue weighted by atomic mass is 19.1. The third kappa shape index (κ3) is 4.94. The zero-order valence-corrected chi connectivity index (χ0v) is 16.6. The van der Waals surface area contributed by atoms with Gasteiger partial charge in [0, 0.05) is 11.3 Å². The molecule has 0 atom stereocenters. The first kappa shape index (κ1) is 20.6. The molecule has 0 bridgehead atoms. The summed E-state index contributed by atoms with van der Waals surface area (Å²) >= 11 is 0. The van der Waals surface area contributed by atoms with Crippen molar-refractivity contribution in [3.8, 4) is 0 Å². The lowest BCUT2D eigenvalue weighted by molar-refractivity contribution is 0.0691. The highest BCUT2D eigenvalue weighted by Crippen LogP contribution is 2.32. The van der Waals surface area contributed by atoms with Gasteiger partial charge in [0.05, 0.1) is 5.56 Å². The second kappa shape index (κ2) is 7.14. The Morgan fingerprint density at radius 2 is 1.41 bits per heavy atom. The number of nitrogens with one attached hydrogen (secondary N) is 1. The summed E-state index contributed by atoms with van der Waals surface area (Å²) in [5, 5.41) is 11.7. The second-order valence-electron chi connectivity index (χ2n) is 8.75. The van der Waals surface area contributed by atoms with Crippen molar-refractivity contribution in [3.05, 3.63) is 64.5 Å². The molecule has 0 fully saturated rings. The summed E-state index contributed by atoms with van der Waals surface area (Å²) in [5.74, 6) is -2.79. The van der Waals surface area contributed by atoms with Crippen LogP contribution in [0.4, 0.5) is 10.1 Å². The maximum atomic E-state index is 13.9. The van der Waals surface area contributed by atoms with Crippen molar-refractivity contribution in [2.24, 2.45) is 0 Å². The predicted octanol–water partition coefficient (Wildman–Crippen LogP) is 5.37.